The van der Waals surface area contributed by atoms with E-state index >= 15 is 0 Å². The number of unbranched alkanes of at least 4 members (excludes halogenated alkanes) is 4. The second kappa shape index (κ2) is 6.53. The van der Waals surface area contributed by atoms with Crippen molar-refractivity contribution in [2.45, 2.75) is 89.5 Å². The molecule has 2 rings (SSSR count). The Balaban J connectivity index is 1.81. The zero-order chi connectivity index (χ0) is 13.9. The lowest BCUT2D eigenvalue weighted by Crippen LogP contribution is -2.31. The third-order valence-electron chi connectivity index (χ3n) is 4.02. The topological polar surface area (TPSA) is 47.9 Å². The molecule has 4 heteroatoms. The number of ether oxygens (including phenoxy) is 3. The summed E-state index contributed by atoms with van der Waals surface area (Å²) < 4.78 is 17.7. The Hall–Kier alpha value is -0.160. The zero-order valence-corrected chi connectivity index (χ0v) is 12.4. The van der Waals surface area contributed by atoms with Gasteiger partial charge >= 0.3 is 0 Å². The van der Waals surface area contributed by atoms with Gasteiger partial charge in [0.25, 0.3) is 0 Å². The molecular weight excluding hydrogens is 244 g/mol. The lowest BCUT2D eigenvalue weighted by atomic mass is 10.0. The molecule has 0 aliphatic carbocycles. The lowest BCUT2D eigenvalue weighted by molar-refractivity contribution is -0.190. The van der Waals surface area contributed by atoms with Crippen LogP contribution in [0.2, 0.25) is 0 Å². The summed E-state index contributed by atoms with van der Waals surface area (Å²) in [6, 6.07) is 0. The van der Waals surface area contributed by atoms with Gasteiger partial charge in [-0.05, 0) is 20.3 Å². The second-order valence-corrected chi connectivity index (χ2v) is 6.16. The van der Waals surface area contributed by atoms with Crippen molar-refractivity contribution in [1.29, 1.82) is 0 Å². The van der Waals surface area contributed by atoms with E-state index in [1.807, 2.05) is 13.8 Å². The summed E-state index contributed by atoms with van der Waals surface area (Å²) in [5, 5.41) is 9.38. The quantitative estimate of drug-likeness (QED) is 0.724. The van der Waals surface area contributed by atoms with E-state index in [9.17, 15) is 5.11 Å². The molecule has 0 saturated carbocycles. The van der Waals surface area contributed by atoms with E-state index in [2.05, 4.69) is 6.92 Å². The molecule has 2 heterocycles. The summed E-state index contributed by atoms with van der Waals surface area (Å²) in [5.74, 6) is -0.549. The van der Waals surface area contributed by atoms with Gasteiger partial charge in [0.1, 0.15) is 18.3 Å². The summed E-state index contributed by atoms with van der Waals surface area (Å²) in [6.45, 7) is 6.09. The van der Waals surface area contributed by atoms with Crippen molar-refractivity contribution in [3.63, 3.8) is 0 Å². The van der Waals surface area contributed by atoms with Gasteiger partial charge in [0.2, 0.25) is 0 Å². The van der Waals surface area contributed by atoms with E-state index < -0.39 is 5.79 Å². The minimum absolute atomic E-state index is 0.00689. The number of hydrogen-bond donors (Lipinski definition) is 1. The zero-order valence-electron chi connectivity index (χ0n) is 12.4. The van der Waals surface area contributed by atoms with Gasteiger partial charge in [-0.1, -0.05) is 39.0 Å². The second-order valence-electron chi connectivity index (χ2n) is 6.16. The predicted octanol–water partition coefficient (Wildman–Crippen LogP) is 2.63. The molecule has 19 heavy (non-hydrogen) atoms. The van der Waals surface area contributed by atoms with E-state index in [0.29, 0.717) is 0 Å². The van der Waals surface area contributed by atoms with Crippen LogP contribution in [0.15, 0.2) is 0 Å². The smallest absolute Gasteiger partial charge is 0.164 e. The third kappa shape index (κ3) is 3.69. The molecule has 2 aliphatic rings. The van der Waals surface area contributed by atoms with Crippen LogP contribution in [0.4, 0.5) is 0 Å². The summed E-state index contributed by atoms with van der Waals surface area (Å²) >= 11 is 0. The fourth-order valence-electron chi connectivity index (χ4n) is 3.10. The van der Waals surface area contributed by atoms with Gasteiger partial charge < -0.3 is 19.3 Å². The average Bonchev–Trinajstić information content (AvgIpc) is 2.83. The molecule has 0 spiro atoms. The molecule has 2 fully saturated rings. The van der Waals surface area contributed by atoms with Crippen LogP contribution in [0.5, 0.6) is 0 Å². The molecular formula is C15H28O4. The Morgan fingerprint density at radius 2 is 1.58 bits per heavy atom. The maximum absolute atomic E-state index is 9.38. The lowest BCUT2D eigenvalue weighted by Gasteiger charge is -2.23. The normalized spacial score (nSPS) is 36.6. The highest BCUT2D eigenvalue weighted by molar-refractivity contribution is 4.97. The number of aliphatic hydroxyl groups is 1. The fourth-order valence-corrected chi connectivity index (χ4v) is 3.10. The fraction of sp³-hybridized carbons (Fsp3) is 1.00. The van der Waals surface area contributed by atoms with E-state index in [1.54, 1.807) is 0 Å². The maximum atomic E-state index is 9.38. The van der Waals surface area contributed by atoms with Gasteiger partial charge in [0.05, 0.1) is 12.7 Å². The van der Waals surface area contributed by atoms with Crippen LogP contribution in [0.25, 0.3) is 0 Å². The first-order chi connectivity index (χ1) is 9.07. The van der Waals surface area contributed by atoms with Gasteiger partial charge in [-0.3, -0.25) is 0 Å². The minimum atomic E-state index is -0.549. The molecule has 112 valence electrons. The SMILES string of the molecule is CCCCCCC[C@@H]1O[C@H](CO)[C@H]2OC(C)(C)O[C@H]21. The average molecular weight is 272 g/mol. The van der Waals surface area contributed by atoms with Gasteiger partial charge in [-0.15, -0.1) is 0 Å². The van der Waals surface area contributed by atoms with Crippen molar-refractivity contribution in [1.82, 2.24) is 0 Å². The number of hydrogen-bond acceptors (Lipinski definition) is 4. The first-order valence-electron chi connectivity index (χ1n) is 7.69. The van der Waals surface area contributed by atoms with Crippen LogP contribution < -0.4 is 0 Å². The molecule has 4 nitrogen and oxygen atoms in total. The van der Waals surface area contributed by atoms with Crippen LogP contribution in [0.1, 0.15) is 59.3 Å². The highest BCUT2D eigenvalue weighted by atomic mass is 16.8. The predicted molar refractivity (Wildman–Crippen MR) is 72.9 cm³/mol. The molecule has 0 aromatic carbocycles. The monoisotopic (exact) mass is 272 g/mol. The van der Waals surface area contributed by atoms with Crippen molar-refractivity contribution in [2.75, 3.05) is 6.61 Å². The minimum Gasteiger partial charge on any atom is -0.394 e. The number of aliphatic hydroxyl groups excluding tert-OH is 1. The third-order valence-corrected chi connectivity index (χ3v) is 4.02. The largest absolute Gasteiger partial charge is 0.394 e. The van der Waals surface area contributed by atoms with Crippen LogP contribution in [-0.4, -0.2) is 41.9 Å². The summed E-state index contributed by atoms with van der Waals surface area (Å²) in [7, 11) is 0. The molecule has 0 amide bonds. The highest BCUT2D eigenvalue weighted by Gasteiger charge is 2.54. The first-order valence-corrected chi connectivity index (χ1v) is 7.69. The van der Waals surface area contributed by atoms with Gasteiger partial charge in [0.15, 0.2) is 5.79 Å². The van der Waals surface area contributed by atoms with Crippen molar-refractivity contribution < 1.29 is 19.3 Å². The molecule has 4 atom stereocenters. The van der Waals surface area contributed by atoms with Crippen LogP contribution in [0.3, 0.4) is 0 Å². The van der Waals surface area contributed by atoms with Crippen molar-refractivity contribution in [3.8, 4) is 0 Å². The van der Waals surface area contributed by atoms with E-state index in [-0.39, 0.29) is 31.0 Å². The Morgan fingerprint density at radius 1 is 0.947 bits per heavy atom. The summed E-state index contributed by atoms with van der Waals surface area (Å²) in [4.78, 5) is 0. The Labute approximate surface area is 116 Å². The van der Waals surface area contributed by atoms with Crippen LogP contribution >= 0.6 is 0 Å². The van der Waals surface area contributed by atoms with E-state index in [0.717, 1.165) is 12.8 Å². The van der Waals surface area contributed by atoms with Gasteiger partial charge in [-0.25, -0.2) is 0 Å². The Bertz CT molecular complexity index is 279. The molecule has 0 bridgehead atoms. The molecule has 0 radical (unpaired) electrons. The Morgan fingerprint density at radius 3 is 2.21 bits per heavy atom. The highest BCUT2D eigenvalue weighted by Crippen LogP contribution is 2.40. The van der Waals surface area contributed by atoms with Gasteiger partial charge in [-0.2, -0.15) is 0 Å². The Kier molecular flexibility index (Phi) is 5.23. The standard InChI is InChI=1S/C15H28O4/c1-4-5-6-7-8-9-11-13-14(12(10-16)17-11)19-15(2,3)18-13/h11-14,16H,4-10H2,1-3H3/t11-,12+,13-,14+/m0/s1. The molecule has 2 saturated heterocycles. The van der Waals surface area contributed by atoms with E-state index in [4.69, 9.17) is 14.2 Å². The van der Waals surface area contributed by atoms with Crippen molar-refractivity contribution in [2.24, 2.45) is 0 Å². The number of rotatable bonds is 7. The molecule has 2 aliphatic heterocycles. The molecule has 0 aromatic rings. The van der Waals surface area contributed by atoms with E-state index in [1.165, 1.54) is 25.7 Å². The summed E-state index contributed by atoms with van der Waals surface area (Å²) in [5.41, 5.74) is 0. The molecule has 0 aromatic heterocycles. The maximum Gasteiger partial charge on any atom is 0.164 e. The van der Waals surface area contributed by atoms with Crippen molar-refractivity contribution >= 4 is 0 Å². The molecule has 0 unspecified atom stereocenters. The van der Waals surface area contributed by atoms with Crippen LogP contribution in [-0.2, 0) is 14.2 Å². The van der Waals surface area contributed by atoms with Gasteiger partial charge in [0, 0.05) is 0 Å². The molecule has 1 N–H and O–H groups in total. The number of fused-ring (bicyclic) bond motifs is 1. The summed E-state index contributed by atoms with van der Waals surface area (Å²) in [6.07, 6.45) is 7.00. The van der Waals surface area contributed by atoms with Crippen molar-refractivity contribution in [3.05, 3.63) is 0 Å². The van der Waals surface area contributed by atoms with Crippen LogP contribution in [0, 0.1) is 0 Å². The first kappa shape index (κ1) is 15.2.